The van der Waals surface area contributed by atoms with E-state index < -0.39 is 27.9 Å². The molecular formula is C5HF8I. The third-order valence-corrected chi connectivity index (χ3v) is 1.94. The Bertz CT molecular complexity index is 233. The van der Waals surface area contributed by atoms with Crippen molar-refractivity contribution in [3.63, 3.8) is 0 Å². The minimum absolute atomic E-state index is 0.306. The average Bonchev–Trinajstić information content (AvgIpc) is 1.80. The maximum Gasteiger partial charge on any atom is 0.458 e. The van der Waals surface area contributed by atoms with E-state index in [4.69, 9.17) is 0 Å². The summed E-state index contributed by atoms with van der Waals surface area (Å²) in [6, 6.07) is 0. The van der Waals surface area contributed by atoms with Crippen molar-refractivity contribution in [1.82, 2.24) is 0 Å². The van der Waals surface area contributed by atoms with Crippen LogP contribution in [0.1, 0.15) is 0 Å². The van der Waals surface area contributed by atoms with Crippen LogP contribution in [0, 0.1) is 0 Å². The van der Waals surface area contributed by atoms with Gasteiger partial charge in [-0.2, -0.15) is 35.1 Å². The van der Waals surface area contributed by atoms with E-state index in [-0.39, 0.29) is 0 Å². The summed E-state index contributed by atoms with van der Waals surface area (Å²) < 4.78 is 91.0. The van der Waals surface area contributed by atoms with E-state index in [1.165, 1.54) is 0 Å². The maximum absolute atomic E-state index is 12.2. The summed E-state index contributed by atoms with van der Waals surface area (Å²) in [7, 11) is 0. The first-order valence-corrected chi connectivity index (χ1v) is 3.86. The van der Waals surface area contributed by atoms with Crippen molar-refractivity contribution in [2.75, 3.05) is 0 Å². The van der Waals surface area contributed by atoms with E-state index >= 15 is 0 Å². The highest BCUT2D eigenvalue weighted by Gasteiger charge is 2.60. The molecule has 84 valence electrons. The molecular weight excluding hydrogens is 339 g/mol. The number of hydrogen-bond donors (Lipinski definition) is 0. The van der Waals surface area contributed by atoms with Gasteiger partial charge in [0.15, 0.2) is 0 Å². The van der Waals surface area contributed by atoms with Crippen LogP contribution in [0.25, 0.3) is 0 Å². The molecule has 0 aromatic carbocycles. The van der Waals surface area contributed by atoms with Crippen LogP contribution in [0.4, 0.5) is 35.1 Å². The highest BCUT2D eigenvalue weighted by molar-refractivity contribution is 14.1. The Labute approximate surface area is 86.1 Å². The van der Waals surface area contributed by atoms with Gasteiger partial charge in [-0.1, -0.05) is 0 Å². The van der Waals surface area contributed by atoms with Gasteiger partial charge in [0.2, 0.25) is 0 Å². The summed E-state index contributed by atoms with van der Waals surface area (Å²) in [5.41, 5.74) is 0. The summed E-state index contributed by atoms with van der Waals surface area (Å²) in [6.45, 7) is 0. The molecule has 0 amide bonds. The predicted molar refractivity (Wildman–Crippen MR) is 39.2 cm³/mol. The van der Waals surface area contributed by atoms with Gasteiger partial charge in [0.05, 0.1) is 3.58 Å². The fraction of sp³-hybridized carbons (Fsp3) is 0.600. The molecule has 0 saturated carbocycles. The zero-order valence-corrected chi connectivity index (χ0v) is 8.14. The third-order valence-electron chi connectivity index (χ3n) is 0.946. The lowest BCUT2D eigenvalue weighted by molar-refractivity contribution is -0.260. The van der Waals surface area contributed by atoms with Gasteiger partial charge in [0, 0.05) is 6.08 Å². The van der Waals surface area contributed by atoms with E-state index in [0.29, 0.717) is 22.6 Å². The quantitative estimate of drug-likeness (QED) is 0.499. The van der Waals surface area contributed by atoms with Crippen molar-refractivity contribution in [3.8, 4) is 0 Å². The first kappa shape index (κ1) is 13.9. The maximum atomic E-state index is 12.2. The first-order valence-electron chi connectivity index (χ1n) is 2.78. The molecule has 0 aromatic rings. The van der Waals surface area contributed by atoms with Gasteiger partial charge in [-0.15, -0.1) is 0 Å². The molecule has 14 heavy (non-hydrogen) atoms. The molecule has 0 aromatic heterocycles. The fourth-order valence-electron chi connectivity index (χ4n) is 0.370. The van der Waals surface area contributed by atoms with Crippen molar-refractivity contribution in [1.29, 1.82) is 0 Å². The number of hydrogen-bond acceptors (Lipinski definition) is 0. The van der Waals surface area contributed by atoms with Gasteiger partial charge >= 0.3 is 18.3 Å². The number of rotatable bonds is 1. The Morgan fingerprint density at radius 3 is 1.43 bits per heavy atom. The lowest BCUT2D eigenvalue weighted by atomic mass is 10.3. The normalized spacial score (nSPS) is 15.9. The van der Waals surface area contributed by atoms with Gasteiger partial charge in [-0.05, 0) is 22.6 Å². The van der Waals surface area contributed by atoms with E-state index in [1.807, 2.05) is 0 Å². The topological polar surface area (TPSA) is 0 Å². The van der Waals surface area contributed by atoms with Crippen LogP contribution < -0.4 is 0 Å². The van der Waals surface area contributed by atoms with E-state index in [9.17, 15) is 35.1 Å². The SMILES string of the molecule is FC(F)(F)C=C(I)C(F)(F)C(F)(F)F. The second-order valence-corrected chi connectivity index (χ2v) is 3.27. The van der Waals surface area contributed by atoms with Crippen LogP contribution in [0.3, 0.4) is 0 Å². The summed E-state index contributed by atoms with van der Waals surface area (Å²) in [4.78, 5) is 0. The van der Waals surface area contributed by atoms with E-state index in [2.05, 4.69) is 0 Å². The van der Waals surface area contributed by atoms with Crippen LogP contribution >= 0.6 is 22.6 Å². The van der Waals surface area contributed by atoms with Crippen molar-refractivity contribution in [2.24, 2.45) is 0 Å². The van der Waals surface area contributed by atoms with Gasteiger partial charge in [-0.3, -0.25) is 0 Å². The van der Waals surface area contributed by atoms with Crippen LogP contribution in [-0.4, -0.2) is 18.3 Å². The van der Waals surface area contributed by atoms with Crippen molar-refractivity contribution in [2.45, 2.75) is 18.3 Å². The Morgan fingerprint density at radius 2 is 1.21 bits per heavy atom. The molecule has 0 fully saturated rings. The standard InChI is InChI=1S/C5HF8I/c6-3(7,8)1-2(14)4(9,10)5(11,12)13/h1H. The molecule has 0 nitrogen and oxygen atoms in total. The molecule has 0 aliphatic rings. The Morgan fingerprint density at radius 1 is 0.857 bits per heavy atom. The van der Waals surface area contributed by atoms with Crippen LogP contribution in [0.15, 0.2) is 9.66 Å². The van der Waals surface area contributed by atoms with Crippen LogP contribution in [0.2, 0.25) is 0 Å². The second-order valence-electron chi connectivity index (χ2n) is 2.11. The molecule has 0 aliphatic carbocycles. The molecule has 0 radical (unpaired) electrons. The summed E-state index contributed by atoms with van der Waals surface area (Å²) in [5, 5.41) is 0. The van der Waals surface area contributed by atoms with Crippen molar-refractivity contribution < 1.29 is 35.1 Å². The minimum Gasteiger partial charge on any atom is -0.190 e. The van der Waals surface area contributed by atoms with Crippen LogP contribution in [0.5, 0.6) is 0 Å². The highest BCUT2D eigenvalue weighted by Crippen LogP contribution is 2.44. The van der Waals surface area contributed by atoms with E-state index in [0.717, 1.165) is 0 Å². The molecule has 0 bridgehead atoms. The third kappa shape index (κ3) is 3.58. The van der Waals surface area contributed by atoms with E-state index in [1.54, 1.807) is 0 Å². The molecule has 9 heteroatoms. The lowest BCUT2D eigenvalue weighted by Gasteiger charge is -2.19. The number of halogens is 9. The van der Waals surface area contributed by atoms with Gasteiger partial charge < -0.3 is 0 Å². The fourth-order valence-corrected chi connectivity index (χ4v) is 1.03. The average molecular weight is 340 g/mol. The Kier molecular flexibility index (Phi) is 3.79. The minimum atomic E-state index is -6.02. The zero-order chi connectivity index (χ0) is 11.8. The molecule has 0 N–H and O–H groups in total. The monoisotopic (exact) mass is 340 g/mol. The smallest absolute Gasteiger partial charge is 0.190 e. The summed E-state index contributed by atoms with van der Waals surface area (Å²) in [6.07, 6.45) is -12.3. The largest absolute Gasteiger partial charge is 0.458 e. The zero-order valence-electron chi connectivity index (χ0n) is 5.98. The van der Waals surface area contributed by atoms with Gasteiger partial charge in [0.25, 0.3) is 0 Å². The number of alkyl halides is 8. The predicted octanol–water partition coefficient (Wildman–Crippen LogP) is 4.07. The molecule has 0 atom stereocenters. The highest BCUT2D eigenvalue weighted by atomic mass is 127. The molecule has 0 saturated heterocycles. The van der Waals surface area contributed by atoms with Gasteiger partial charge in [0.1, 0.15) is 0 Å². The molecule has 0 aliphatic heterocycles. The molecule has 0 spiro atoms. The second kappa shape index (κ2) is 3.81. The lowest BCUT2D eigenvalue weighted by Crippen LogP contribution is -2.37. The van der Waals surface area contributed by atoms with Crippen molar-refractivity contribution >= 4 is 22.6 Å². The first-order chi connectivity index (χ1) is 5.88. The van der Waals surface area contributed by atoms with Crippen LogP contribution in [-0.2, 0) is 0 Å². The number of allylic oxidation sites excluding steroid dienone is 2. The Balaban J connectivity index is 5.04. The van der Waals surface area contributed by atoms with Gasteiger partial charge in [-0.25, -0.2) is 0 Å². The molecule has 0 heterocycles. The molecule has 0 unspecified atom stereocenters. The summed E-state index contributed by atoms with van der Waals surface area (Å²) >= 11 is 0.306. The van der Waals surface area contributed by atoms with Crippen molar-refractivity contribution in [3.05, 3.63) is 9.66 Å². The Hall–Kier alpha value is -0.0900. The molecule has 0 rings (SSSR count). The summed E-state index contributed by atoms with van der Waals surface area (Å²) in [5.74, 6) is -5.47.